The van der Waals surface area contributed by atoms with Gasteiger partial charge in [-0.15, -0.1) is 0 Å². The summed E-state index contributed by atoms with van der Waals surface area (Å²) in [5, 5.41) is 25.0. The van der Waals surface area contributed by atoms with Crippen LogP contribution < -0.4 is 21.7 Å². The molecule has 0 spiro atoms. The number of hydrogen-bond acceptors (Lipinski definition) is 7. The van der Waals surface area contributed by atoms with E-state index in [1.807, 2.05) is 0 Å². The van der Waals surface area contributed by atoms with Gasteiger partial charge in [0.25, 0.3) is 0 Å². The van der Waals surface area contributed by atoms with E-state index in [0.717, 1.165) is 0 Å². The Bertz CT molecular complexity index is 793. The topological polar surface area (TPSA) is 217 Å². The van der Waals surface area contributed by atoms with Crippen molar-refractivity contribution in [2.24, 2.45) is 11.7 Å². The van der Waals surface area contributed by atoms with Crippen molar-refractivity contribution in [3.05, 3.63) is 18.2 Å². The number of rotatable bonds is 12. The molecule has 3 amide bonds. The van der Waals surface area contributed by atoms with E-state index in [-0.39, 0.29) is 6.42 Å². The monoisotopic (exact) mass is 440 g/mol. The molecule has 0 saturated carbocycles. The summed E-state index contributed by atoms with van der Waals surface area (Å²) in [6, 6.07) is -4.82. The van der Waals surface area contributed by atoms with Crippen molar-refractivity contribution in [3.8, 4) is 0 Å². The smallest absolute Gasteiger partial charge is 0.326 e. The molecule has 4 unspecified atom stereocenters. The Hall–Kier alpha value is -3.48. The van der Waals surface area contributed by atoms with E-state index in [4.69, 9.17) is 15.9 Å². The molecular formula is C18H28N6O7. The maximum atomic E-state index is 12.9. The lowest BCUT2D eigenvalue weighted by molar-refractivity contribution is -0.147. The fraction of sp³-hybridized carbons (Fsp3) is 0.556. The number of hydrogen-bond donors (Lipinski definition) is 7. The van der Waals surface area contributed by atoms with E-state index in [9.17, 15) is 24.0 Å². The number of nitrogens with two attached hydrogens (primary N) is 1. The average molecular weight is 440 g/mol. The fourth-order valence-electron chi connectivity index (χ4n) is 2.55. The summed E-state index contributed by atoms with van der Waals surface area (Å²) in [6.45, 7) is 4.67. The van der Waals surface area contributed by atoms with E-state index >= 15 is 0 Å². The lowest BCUT2D eigenvalue weighted by atomic mass is 10.0. The molecule has 31 heavy (non-hydrogen) atoms. The van der Waals surface area contributed by atoms with Crippen molar-refractivity contribution in [2.45, 2.75) is 57.8 Å². The largest absolute Gasteiger partial charge is 0.481 e. The minimum atomic E-state index is -1.67. The number of imidazole rings is 1. The summed E-state index contributed by atoms with van der Waals surface area (Å²) in [6.07, 6.45) is 2.07. The summed E-state index contributed by atoms with van der Waals surface area (Å²) in [5.41, 5.74) is 6.09. The highest BCUT2D eigenvalue weighted by atomic mass is 16.4. The molecule has 1 rings (SSSR count). The standard InChI is InChI=1S/C18H28N6O7/c1-8(2)14(17(29)23-12(18(30)31)5-13(25)26)24-16(28)11(22-15(27)9(3)19)4-10-6-20-7-21-10/h6-9,11-12,14H,4-5,19H2,1-3H3,(H,20,21)(H,22,27)(H,23,29)(H,24,28)(H,25,26)(H,30,31). The fourth-order valence-corrected chi connectivity index (χ4v) is 2.55. The van der Waals surface area contributed by atoms with Gasteiger partial charge in [0.1, 0.15) is 18.1 Å². The van der Waals surface area contributed by atoms with Gasteiger partial charge in [0.05, 0.1) is 18.8 Å². The number of nitrogens with zero attached hydrogens (tertiary/aromatic N) is 1. The Kier molecular flexibility index (Phi) is 9.60. The van der Waals surface area contributed by atoms with E-state index in [2.05, 4.69) is 25.9 Å². The van der Waals surface area contributed by atoms with Crippen molar-refractivity contribution in [2.75, 3.05) is 0 Å². The van der Waals surface area contributed by atoms with Crippen molar-refractivity contribution in [3.63, 3.8) is 0 Å². The number of aromatic nitrogens is 2. The Morgan fingerprint density at radius 2 is 1.61 bits per heavy atom. The van der Waals surface area contributed by atoms with Crippen LogP contribution in [0.1, 0.15) is 32.9 Å². The van der Waals surface area contributed by atoms with Crippen LogP contribution in [0.4, 0.5) is 0 Å². The molecule has 0 bridgehead atoms. The van der Waals surface area contributed by atoms with Crippen molar-refractivity contribution >= 4 is 29.7 Å². The molecule has 0 aromatic carbocycles. The van der Waals surface area contributed by atoms with E-state index in [0.29, 0.717) is 5.69 Å². The second-order valence-electron chi connectivity index (χ2n) is 7.36. The Labute approximate surface area is 178 Å². The number of carboxylic acid groups (broad SMARTS) is 2. The van der Waals surface area contributed by atoms with Crippen molar-refractivity contribution in [1.29, 1.82) is 0 Å². The van der Waals surface area contributed by atoms with Crippen LogP contribution in [0.5, 0.6) is 0 Å². The van der Waals surface area contributed by atoms with Gasteiger partial charge >= 0.3 is 11.9 Å². The van der Waals surface area contributed by atoms with E-state index in [1.54, 1.807) is 13.8 Å². The van der Waals surface area contributed by atoms with Crippen LogP contribution in [0.25, 0.3) is 0 Å². The normalized spacial score (nSPS) is 14.7. The van der Waals surface area contributed by atoms with Gasteiger partial charge in [-0.2, -0.15) is 0 Å². The summed E-state index contributed by atoms with van der Waals surface area (Å²) in [4.78, 5) is 66.2. The van der Waals surface area contributed by atoms with Crippen LogP contribution in [-0.4, -0.2) is 74.0 Å². The zero-order valence-electron chi connectivity index (χ0n) is 17.4. The number of carboxylic acids is 2. The molecule has 0 radical (unpaired) electrons. The number of carbonyl (C=O) groups excluding carboxylic acids is 3. The number of aromatic amines is 1. The Morgan fingerprint density at radius 3 is 2.06 bits per heavy atom. The molecule has 13 nitrogen and oxygen atoms in total. The van der Waals surface area contributed by atoms with Crippen LogP contribution >= 0.6 is 0 Å². The van der Waals surface area contributed by atoms with Crippen molar-refractivity contribution < 1.29 is 34.2 Å². The van der Waals surface area contributed by atoms with Gasteiger partial charge in [0.15, 0.2) is 0 Å². The van der Waals surface area contributed by atoms with Gasteiger partial charge < -0.3 is 36.9 Å². The first-order valence-electron chi connectivity index (χ1n) is 9.50. The molecule has 0 aliphatic carbocycles. The predicted molar refractivity (Wildman–Crippen MR) is 106 cm³/mol. The third-order valence-electron chi connectivity index (χ3n) is 4.27. The number of aliphatic carboxylic acids is 2. The number of H-pyrrole nitrogens is 1. The van der Waals surface area contributed by atoms with Gasteiger partial charge in [0.2, 0.25) is 17.7 Å². The molecule has 1 aromatic rings. The molecule has 8 N–H and O–H groups in total. The third kappa shape index (κ3) is 8.42. The molecule has 0 aliphatic heterocycles. The molecule has 0 fully saturated rings. The predicted octanol–water partition coefficient (Wildman–Crippen LogP) is -2.03. The van der Waals surface area contributed by atoms with Gasteiger partial charge in [-0.3, -0.25) is 19.2 Å². The summed E-state index contributed by atoms with van der Waals surface area (Å²) >= 11 is 0. The minimum absolute atomic E-state index is 0.0352. The summed E-state index contributed by atoms with van der Waals surface area (Å²) in [5.74, 6) is -5.56. The maximum Gasteiger partial charge on any atom is 0.326 e. The first kappa shape index (κ1) is 25.6. The number of amides is 3. The highest BCUT2D eigenvalue weighted by Gasteiger charge is 2.32. The second-order valence-corrected chi connectivity index (χ2v) is 7.36. The summed E-state index contributed by atoms with van der Waals surface area (Å²) < 4.78 is 0. The van der Waals surface area contributed by atoms with E-state index < -0.39 is 66.2 Å². The van der Waals surface area contributed by atoms with Crippen LogP contribution in [0, 0.1) is 5.92 Å². The third-order valence-corrected chi connectivity index (χ3v) is 4.27. The quantitative estimate of drug-likeness (QED) is 0.190. The Balaban J connectivity index is 2.98. The SMILES string of the molecule is CC(N)C(=O)NC(Cc1cnc[nH]1)C(=O)NC(C(=O)NC(CC(=O)O)C(=O)O)C(C)C. The first-order valence-corrected chi connectivity index (χ1v) is 9.50. The van der Waals surface area contributed by atoms with Gasteiger partial charge in [-0.1, -0.05) is 13.8 Å². The highest BCUT2D eigenvalue weighted by molar-refractivity contribution is 5.94. The average Bonchev–Trinajstić information content (AvgIpc) is 3.16. The molecule has 13 heteroatoms. The molecule has 4 atom stereocenters. The van der Waals surface area contributed by atoms with Crippen LogP contribution in [0.2, 0.25) is 0 Å². The van der Waals surface area contributed by atoms with Crippen LogP contribution in [0.3, 0.4) is 0 Å². The minimum Gasteiger partial charge on any atom is -0.481 e. The zero-order valence-corrected chi connectivity index (χ0v) is 17.4. The molecule has 1 heterocycles. The first-order chi connectivity index (χ1) is 14.4. The second kappa shape index (κ2) is 11.6. The van der Waals surface area contributed by atoms with Gasteiger partial charge in [-0.05, 0) is 12.8 Å². The number of nitrogens with one attached hydrogen (secondary N) is 4. The van der Waals surface area contributed by atoms with Crippen LogP contribution in [0.15, 0.2) is 12.5 Å². The van der Waals surface area contributed by atoms with Crippen molar-refractivity contribution in [1.82, 2.24) is 25.9 Å². The molecule has 1 aromatic heterocycles. The highest BCUT2D eigenvalue weighted by Crippen LogP contribution is 2.06. The molecule has 0 aliphatic rings. The lowest BCUT2D eigenvalue weighted by Gasteiger charge is -2.26. The van der Waals surface area contributed by atoms with Gasteiger partial charge in [-0.25, -0.2) is 9.78 Å². The number of carbonyl (C=O) groups is 5. The van der Waals surface area contributed by atoms with Gasteiger partial charge in [0, 0.05) is 18.3 Å². The van der Waals surface area contributed by atoms with E-state index in [1.165, 1.54) is 19.4 Å². The molecule has 172 valence electrons. The Morgan fingerprint density at radius 1 is 1.00 bits per heavy atom. The zero-order chi connectivity index (χ0) is 23.7. The lowest BCUT2D eigenvalue weighted by Crippen LogP contribution is -2.58. The molecule has 0 saturated heterocycles. The van der Waals surface area contributed by atoms with Crippen LogP contribution in [-0.2, 0) is 30.4 Å². The maximum absolute atomic E-state index is 12.9. The molecular weight excluding hydrogens is 412 g/mol. The summed E-state index contributed by atoms with van der Waals surface area (Å²) in [7, 11) is 0.